The van der Waals surface area contributed by atoms with Gasteiger partial charge in [0.2, 0.25) is 17.7 Å². The molecule has 1 saturated carbocycles. The number of ketones is 1. The van der Waals surface area contributed by atoms with Crippen molar-refractivity contribution in [2.24, 2.45) is 23.7 Å². The lowest BCUT2D eigenvalue weighted by Gasteiger charge is -2.17. The molecule has 4 rings (SSSR count). The molecular formula is C20H20N2O4. The summed E-state index contributed by atoms with van der Waals surface area (Å²) in [4.78, 5) is 49.8. The lowest BCUT2D eigenvalue weighted by Crippen LogP contribution is -2.35. The van der Waals surface area contributed by atoms with Gasteiger partial charge in [0.05, 0.1) is 11.8 Å². The van der Waals surface area contributed by atoms with Gasteiger partial charge in [-0.05, 0) is 49.4 Å². The molecule has 2 aliphatic carbocycles. The summed E-state index contributed by atoms with van der Waals surface area (Å²) < 4.78 is 0. The van der Waals surface area contributed by atoms with E-state index in [4.69, 9.17) is 0 Å². The van der Waals surface area contributed by atoms with E-state index in [-0.39, 0.29) is 60.1 Å². The molecule has 1 saturated heterocycles. The topological polar surface area (TPSA) is 83.6 Å². The van der Waals surface area contributed by atoms with E-state index >= 15 is 0 Å². The SMILES string of the molecule is CC(=O)c1ccc(NC(=O)CCN2C(=O)C3C4C=CC(C4)C3C2=O)cc1. The summed E-state index contributed by atoms with van der Waals surface area (Å²) >= 11 is 0. The van der Waals surface area contributed by atoms with Gasteiger partial charge in [-0.1, -0.05) is 12.2 Å². The maximum atomic E-state index is 12.6. The van der Waals surface area contributed by atoms with Gasteiger partial charge in [-0.15, -0.1) is 0 Å². The van der Waals surface area contributed by atoms with E-state index in [1.807, 2.05) is 0 Å². The smallest absolute Gasteiger partial charge is 0.233 e. The quantitative estimate of drug-likeness (QED) is 0.499. The second-order valence-corrected chi connectivity index (χ2v) is 7.26. The van der Waals surface area contributed by atoms with E-state index in [1.165, 1.54) is 11.8 Å². The minimum Gasteiger partial charge on any atom is -0.326 e. The van der Waals surface area contributed by atoms with Gasteiger partial charge in [-0.3, -0.25) is 24.1 Å². The average molecular weight is 352 g/mol. The molecule has 6 heteroatoms. The molecule has 1 aromatic rings. The molecule has 4 unspecified atom stereocenters. The van der Waals surface area contributed by atoms with Crippen molar-refractivity contribution in [3.8, 4) is 0 Å². The van der Waals surface area contributed by atoms with Gasteiger partial charge in [0, 0.05) is 24.2 Å². The zero-order valence-electron chi connectivity index (χ0n) is 14.5. The normalized spacial score (nSPS) is 28.6. The van der Waals surface area contributed by atoms with Crippen molar-refractivity contribution in [2.45, 2.75) is 19.8 Å². The van der Waals surface area contributed by atoms with E-state index in [1.54, 1.807) is 24.3 Å². The van der Waals surface area contributed by atoms with Crippen LogP contribution in [0.3, 0.4) is 0 Å². The maximum absolute atomic E-state index is 12.6. The van der Waals surface area contributed by atoms with Gasteiger partial charge in [-0.2, -0.15) is 0 Å². The molecule has 2 fully saturated rings. The summed E-state index contributed by atoms with van der Waals surface area (Å²) in [7, 11) is 0. The third-order valence-electron chi connectivity index (χ3n) is 5.70. The number of nitrogens with one attached hydrogen (secondary N) is 1. The number of carbonyl (C=O) groups is 4. The molecule has 0 aromatic heterocycles. The van der Waals surface area contributed by atoms with Crippen molar-refractivity contribution in [3.05, 3.63) is 42.0 Å². The summed E-state index contributed by atoms with van der Waals surface area (Å²) in [5, 5.41) is 2.73. The average Bonchev–Trinajstić information content (AvgIpc) is 3.28. The number of hydrogen-bond acceptors (Lipinski definition) is 4. The van der Waals surface area contributed by atoms with Gasteiger partial charge in [0.15, 0.2) is 5.78 Å². The van der Waals surface area contributed by atoms with E-state index < -0.39 is 0 Å². The van der Waals surface area contributed by atoms with Crippen LogP contribution in [0.2, 0.25) is 0 Å². The largest absolute Gasteiger partial charge is 0.326 e. The fourth-order valence-electron chi connectivity index (χ4n) is 4.41. The number of Topliss-reactive ketones (excluding diaryl/α,β-unsaturated/α-hetero) is 1. The number of fused-ring (bicyclic) bond motifs is 5. The number of nitrogens with zero attached hydrogens (tertiary/aromatic N) is 1. The summed E-state index contributed by atoms with van der Waals surface area (Å²) in [6.45, 7) is 1.59. The Hall–Kier alpha value is -2.76. The van der Waals surface area contributed by atoms with Gasteiger partial charge >= 0.3 is 0 Å². The van der Waals surface area contributed by atoms with Gasteiger partial charge in [-0.25, -0.2) is 0 Å². The van der Waals surface area contributed by atoms with Gasteiger partial charge < -0.3 is 5.32 Å². The van der Waals surface area contributed by atoms with Crippen LogP contribution in [0.4, 0.5) is 5.69 Å². The van der Waals surface area contributed by atoms with Crippen LogP contribution in [0, 0.1) is 23.7 Å². The number of benzene rings is 1. The highest BCUT2D eigenvalue weighted by molar-refractivity contribution is 6.06. The third kappa shape index (κ3) is 2.66. The van der Waals surface area contributed by atoms with Crippen molar-refractivity contribution in [1.82, 2.24) is 4.90 Å². The lowest BCUT2D eigenvalue weighted by molar-refractivity contribution is -0.140. The highest BCUT2D eigenvalue weighted by Crippen LogP contribution is 2.52. The molecule has 1 aromatic carbocycles. The summed E-state index contributed by atoms with van der Waals surface area (Å²) in [6.07, 6.45) is 5.07. The molecule has 1 N–H and O–H groups in total. The highest BCUT2D eigenvalue weighted by atomic mass is 16.2. The van der Waals surface area contributed by atoms with Crippen molar-refractivity contribution in [2.75, 3.05) is 11.9 Å². The first-order chi connectivity index (χ1) is 12.5. The Labute approximate surface area is 151 Å². The Kier molecular flexibility index (Phi) is 3.98. The predicted molar refractivity (Wildman–Crippen MR) is 94.1 cm³/mol. The zero-order chi connectivity index (χ0) is 18.4. The van der Waals surface area contributed by atoms with E-state index in [9.17, 15) is 19.2 Å². The van der Waals surface area contributed by atoms with Crippen molar-refractivity contribution in [1.29, 1.82) is 0 Å². The molecule has 4 atom stereocenters. The molecule has 3 aliphatic rings. The third-order valence-corrected chi connectivity index (χ3v) is 5.70. The van der Waals surface area contributed by atoms with Crippen molar-refractivity contribution in [3.63, 3.8) is 0 Å². The van der Waals surface area contributed by atoms with Crippen molar-refractivity contribution < 1.29 is 19.2 Å². The van der Waals surface area contributed by atoms with Crippen LogP contribution in [0.1, 0.15) is 30.1 Å². The van der Waals surface area contributed by atoms with Crippen LogP contribution in [0.5, 0.6) is 0 Å². The lowest BCUT2D eigenvalue weighted by atomic mass is 9.85. The number of allylic oxidation sites excluding steroid dienone is 2. The standard InChI is InChI=1S/C20H20N2O4/c1-11(23)12-4-6-15(7-5-12)21-16(24)8-9-22-19(25)17-13-2-3-14(10-13)18(17)20(22)26/h2-7,13-14,17-18H,8-10H2,1H3,(H,21,24). The summed E-state index contributed by atoms with van der Waals surface area (Å²) in [6, 6.07) is 6.62. The number of rotatable bonds is 5. The first kappa shape index (κ1) is 16.7. The Balaban J connectivity index is 1.34. The molecule has 3 amide bonds. The van der Waals surface area contributed by atoms with Crippen LogP contribution in [-0.2, 0) is 14.4 Å². The molecule has 134 valence electrons. The second kappa shape index (κ2) is 6.20. The van der Waals surface area contributed by atoms with Crippen molar-refractivity contribution >= 4 is 29.2 Å². The van der Waals surface area contributed by atoms with E-state index in [2.05, 4.69) is 17.5 Å². The fourth-order valence-corrected chi connectivity index (χ4v) is 4.41. The van der Waals surface area contributed by atoms with E-state index in [0.717, 1.165) is 6.42 Å². The Morgan fingerprint density at radius 2 is 1.62 bits per heavy atom. The minimum absolute atomic E-state index is 0.0389. The molecule has 0 radical (unpaired) electrons. The number of anilines is 1. The Morgan fingerprint density at radius 1 is 1.04 bits per heavy atom. The summed E-state index contributed by atoms with van der Waals surface area (Å²) in [5.41, 5.74) is 1.16. The molecule has 0 spiro atoms. The fraction of sp³-hybridized carbons (Fsp3) is 0.400. The molecule has 26 heavy (non-hydrogen) atoms. The first-order valence-electron chi connectivity index (χ1n) is 8.90. The Bertz CT molecular complexity index is 797. The highest BCUT2D eigenvalue weighted by Gasteiger charge is 2.58. The maximum Gasteiger partial charge on any atom is 0.233 e. The van der Waals surface area contributed by atoms with Crippen LogP contribution >= 0.6 is 0 Å². The number of likely N-dealkylation sites (tertiary alicyclic amines) is 1. The monoisotopic (exact) mass is 352 g/mol. The van der Waals surface area contributed by atoms with Crippen LogP contribution in [-0.4, -0.2) is 34.9 Å². The second-order valence-electron chi connectivity index (χ2n) is 7.26. The molecular weight excluding hydrogens is 332 g/mol. The Morgan fingerprint density at radius 3 is 2.15 bits per heavy atom. The molecule has 2 bridgehead atoms. The van der Waals surface area contributed by atoms with E-state index in [0.29, 0.717) is 11.3 Å². The zero-order valence-corrected chi connectivity index (χ0v) is 14.5. The number of carbonyl (C=O) groups excluding carboxylic acids is 4. The molecule has 1 aliphatic heterocycles. The van der Waals surface area contributed by atoms with Crippen LogP contribution in [0.25, 0.3) is 0 Å². The van der Waals surface area contributed by atoms with Crippen LogP contribution < -0.4 is 5.32 Å². The van der Waals surface area contributed by atoms with Gasteiger partial charge in [0.1, 0.15) is 0 Å². The van der Waals surface area contributed by atoms with Crippen LogP contribution in [0.15, 0.2) is 36.4 Å². The predicted octanol–water partition coefficient (Wildman–Crippen LogP) is 2.02. The first-order valence-corrected chi connectivity index (χ1v) is 8.90. The number of hydrogen-bond donors (Lipinski definition) is 1. The van der Waals surface area contributed by atoms with Gasteiger partial charge in [0.25, 0.3) is 0 Å². The molecule has 6 nitrogen and oxygen atoms in total. The molecule has 1 heterocycles. The summed E-state index contributed by atoms with van der Waals surface area (Å²) in [5.74, 6) is -0.646. The number of amides is 3. The number of imide groups is 1. The minimum atomic E-state index is -0.265.